The molecule has 11 nitrogen and oxygen atoms in total. The van der Waals surface area contributed by atoms with Crippen molar-refractivity contribution in [3.63, 3.8) is 0 Å². The van der Waals surface area contributed by atoms with E-state index in [0.717, 1.165) is 89.9 Å². The number of aliphatic hydroxyl groups is 2. The topological polar surface area (TPSA) is 152 Å². The summed E-state index contributed by atoms with van der Waals surface area (Å²) in [6, 6.07) is 0. The monoisotopic (exact) mass is 818 g/mol. The molecule has 4 atom stereocenters. The minimum absolute atomic E-state index is 0.0532. The Hall–Kier alpha value is -1.59. The van der Waals surface area contributed by atoms with E-state index in [4.69, 9.17) is 18.5 Å². The Morgan fingerprint density at radius 1 is 0.625 bits per heavy atom. The van der Waals surface area contributed by atoms with Crippen molar-refractivity contribution in [2.75, 3.05) is 47.5 Å². The highest BCUT2D eigenvalue weighted by Crippen LogP contribution is 2.38. The number of esters is 2. The molecule has 0 spiro atoms. The van der Waals surface area contributed by atoms with Crippen LogP contribution in [0.3, 0.4) is 0 Å². The maximum atomic E-state index is 12.7. The van der Waals surface area contributed by atoms with Crippen molar-refractivity contribution in [3.05, 3.63) is 24.3 Å². The number of phosphoric acid groups is 1. The van der Waals surface area contributed by atoms with Crippen molar-refractivity contribution in [1.82, 2.24) is 0 Å². The minimum atomic E-state index is -4.65. The van der Waals surface area contributed by atoms with E-state index in [1.165, 1.54) is 38.5 Å². The molecule has 0 aromatic carbocycles. The Bertz CT molecular complexity index is 1050. The lowest BCUT2D eigenvalue weighted by molar-refractivity contribution is -0.870. The Kier molecular flexibility index (Phi) is 35.5. The van der Waals surface area contributed by atoms with Crippen molar-refractivity contribution in [2.45, 2.75) is 199 Å². The van der Waals surface area contributed by atoms with Crippen LogP contribution in [-0.2, 0) is 32.7 Å². The summed E-state index contributed by atoms with van der Waals surface area (Å²) in [5, 5.41) is 20.1. The summed E-state index contributed by atoms with van der Waals surface area (Å²) in [5.74, 6) is -0.925. The molecule has 0 radical (unpaired) electrons. The molecule has 0 amide bonds. The number of rotatable bonds is 40. The van der Waals surface area contributed by atoms with E-state index in [9.17, 15) is 29.3 Å². The van der Waals surface area contributed by atoms with Gasteiger partial charge in [0.25, 0.3) is 7.82 Å². The molecule has 0 fully saturated rings. The fraction of sp³-hybridized carbons (Fsp3) is 0.864. The van der Waals surface area contributed by atoms with Crippen LogP contribution in [0.25, 0.3) is 0 Å². The van der Waals surface area contributed by atoms with E-state index in [2.05, 4.69) is 38.2 Å². The van der Waals surface area contributed by atoms with Crippen molar-refractivity contribution < 1.29 is 52.3 Å². The molecule has 0 aliphatic rings. The van der Waals surface area contributed by atoms with Crippen LogP contribution in [0.1, 0.15) is 181 Å². The number of carbonyl (C=O) groups excluding carboxylic acids is 2. The molecule has 0 heterocycles. The molecule has 0 aromatic rings. The molecule has 2 N–H and O–H groups in total. The van der Waals surface area contributed by atoms with E-state index in [1.807, 2.05) is 21.1 Å². The maximum Gasteiger partial charge on any atom is 0.306 e. The van der Waals surface area contributed by atoms with E-state index in [0.29, 0.717) is 36.7 Å². The Balaban J connectivity index is 4.46. The molecular formula is C44H84NO10P. The van der Waals surface area contributed by atoms with Gasteiger partial charge in [-0.1, -0.05) is 128 Å². The Morgan fingerprint density at radius 3 is 1.59 bits per heavy atom. The van der Waals surface area contributed by atoms with Gasteiger partial charge in [-0.15, -0.1) is 0 Å². The van der Waals surface area contributed by atoms with Crippen LogP contribution < -0.4 is 4.89 Å². The molecule has 0 aliphatic carbocycles. The van der Waals surface area contributed by atoms with Crippen LogP contribution in [0.2, 0.25) is 0 Å². The molecular weight excluding hydrogens is 733 g/mol. The number of hydrogen-bond acceptors (Lipinski definition) is 10. The summed E-state index contributed by atoms with van der Waals surface area (Å²) in [7, 11) is 1.09. The normalized spacial score (nSPS) is 14.9. The molecule has 0 rings (SSSR count). The molecule has 330 valence electrons. The first-order valence-electron chi connectivity index (χ1n) is 22.2. The number of phosphoric ester groups is 1. The number of quaternary nitrogens is 1. The van der Waals surface area contributed by atoms with Gasteiger partial charge >= 0.3 is 11.9 Å². The van der Waals surface area contributed by atoms with Gasteiger partial charge in [-0.05, 0) is 64.2 Å². The van der Waals surface area contributed by atoms with Gasteiger partial charge < -0.3 is 38.1 Å². The van der Waals surface area contributed by atoms with Crippen LogP contribution in [-0.4, -0.2) is 92.5 Å². The van der Waals surface area contributed by atoms with E-state index in [-0.39, 0.29) is 38.3 Å². The predicted octanol–water partition coefficient (Wildman–Crippen LogP) is 9.67. The standard InChI is InChI=1S/C44H84NO10P/c1-6-8-10-24-30-40(46)32-26-20-16-12-14-18-22-28-34-43(48)52-38-42(39-54-56(50,51)53-37-36-45(3,4)5)55-44(49)35-29-23-19-15-13-17-21-27-33-41(47)31-25-11-9-7-2/h20-21,26-27,40-42,46-47H,6-19,22-25,28-39H2,1-5H3/b26-20+,27-21+. The Labute approximate surface area is 342 Å². The number of aliphatic hydroxyl groups excluding tert-OH is 2. The number of nitrogens with zero attached hydrogens (tertiary/aromatic N) is 1. The average molecular weight is 818 g/mol. The van der Waals surface area contributed by atoms with Gasteiger partial charge in [-0.25, -0.2) is 0 Å². The highest BCUT2D eigenvalue weighted by molar-refractivity contribution is 7.45. The van der Waals surface area contributed by atoms with Gasteiger partial charge in [0.2, 0.25) is 0 Å². The number of likely N-dealkylation sites (N-methyl/N-ethyl adjacent to an activating group) is 1. The summed E-state index contributed by atoms with van der Waals surface area (Å²) in [4.78, 5) is 37.5. The fourth-order valence-corrected chi connectivity index (χ4v) is 6.70. The lowest BCUT2D eigenvalue weighted by Gasteiger charge is -2.28. The van der Waals surface area contributed by atoms with E-state index in [1.54, 1.807) is 0 Å². The second-order valence-electron chi connectivity index (χ2n) is 16.4. The molecule has 56 heavy (non-hydrogen) atoms. The number of allylic oxidation sites excluding steroid dienone is 2. The van der Waals surface area contributed by atoms with Crippen LogP contribution in [0.4, 0.5) is 0 Å². The summed E-state index contributed by atoms with van der Waals surface area (Å²) in [6.07, 6.45) is 31.1. The van der Waals surface area contributed by atoms with Gasteiger partial charge in [-0.2, -0.15) is 0 Å². The molecule has 0 aromatic heterocycles. The minimum Gasteiger partial charge on any atom is -0.756 e. The fourth-order valence-electron chi connectivity index (χ4n) is 5.97. The van der Waals surface area contributed by atoms with Gasteiger partial charge in [0, 0.05) is 12.8 Å². The smallest absolute Gasteiger partial charge is 0.306 e. The highest BCUT2D eigenvalue weighted by Gasteiger charge is 2.21. The third-order valence-electron chi connectivity index (χ3n) is 9.59. The van der Waals surface area contributed by atoms with Crippen molar-refractivity contribution in [3.8, 4) is 0 Å². The SMILES string of the molecule is CCCCCCC(O)C/C=C/CCCCCCCC(=O)OCC(COP(=O)([O-])OCC[N+](C)(C)C)OC(=O)CCCCCCC/C=C/CC(O)CCCCCC. The average Bonchev–Trinajstić information content (AvgIpc) is 3.13. The lowest BCUT2D eigenvalue weighted by Crippen LogP contribution is -2.37. The maximum absolute atomic E-state index is 12.7. The summed E-state index contributed by atoms with van der Waals surface area (Å²) in [6.45, 7) is 3.97. The van der Waals surface area contributed by atoms with Crippen LogP contribution in [0, 0.1) is 0 Å². The quantitative estimate of drug-likeness (QED) is 0.0201. The van der Waals surface area contributed by atoms with Gasteiger partial charge in [0.1, 0.15) is 19.8 Å². The van der Waals surface area contributed by atoms with Crippen molar-refractivity contribution in [2.24, 2.45) is 0 Å². The summed E-state index contributed by atoms with van der Waals surface area (Å²) < 4.78 is 33.8. The first kappa shape index (κ1) is 54.4. The van der Waals surface area contributed by atoms with E-state index >= 15 is 0 Å². The van der Waals surface area contributed by atoms with Gasteiger partial charge in [0.15, 0.2) is 6.10 Å². The molecule has 4 unspecified atom stereocenters. The molecule has 12 heteroatoms. The largest absolute Gasteiger partial charge is 0.756 e. The van der Waals surface area contributed by atoms with Crippen LogP contribution in [0.5, 0.6) is 0 Å². The lowest BCUT2D eigenvalue weighted by atomic mass is 10.1. The van der Waals surface area contributed by atoms with Crippen LogP contribution >= 0.6 is 7.82 Å². The third kappa shape index (κ3) is 39.2. The second kappa shape index (κ2) is 36.5. The molecule has 0 bridgehead atoms. The first-order valence-corrected chi connectivity index (χ1v) is 23.7. The highest BCUT2D eigenvalue weighted by atomic mass is 31.2. The number of unbranched alkanes of at least 4 members (excludes halogenated alkanes) is 16. The number of hydrogen-bond donors (Lipinski definition) is 2. The first-order chi connectivity index (χ1) is 26.8. The van der Waals surface area contributed by atoms with Crippen molar-refractivity contribution in [1.29, 1.82) is 0 Å². The molecule has 0 saturated heterocycles. The second-order valence-corrected chi connectivity index (χ2v) is 17.8. The third-order valence-corrected chi connectivity index (χ3v) is 10.6. The van der Waals surface area contributed by atoms with Gasteiger partial charge in [-0.3, -0.25) is 14.2 Å². The Morgan fingerprint density at radius 2 is 1.09 bits per heavy atom. The van der Waals surface area contributed by atoms with E-state index < -0.39 is 32.5 Å². The number of ether oxygens (including phenoxy) is 2. The zero-order valence-corrected chi connectivity index (χ0v) is 37.2. The number of carbonyl (C=O) groups is 2. The zero-order chi connectivity index (χ0) is 41.8. The van der Waals surface area contributed by atoms with Crippen LogP contribution in [0.15, 0.2) is 24.3 Å². The summed E-state index contributed by atoms with van der Waals surface area (Å²) >= 11 is 0. The predicted molar refractivity (Wildman–Crippen MR) is 225 cm³/mol. The molecule has 0 saturated carbocycles. The van der Waals surface area contributed by atoms with Crippen molar-refractivity contribution >= 4 is 19.8 Å². The van der Waals surface area contributed by atoms with Gasteiger partial charge in [0.05, 0.1) is 40.0 Å². The zero-order valence-electron chi connectivity index (χ0n) is 36.3. The molecule has 0 aliphatic heterocycles. The summed E-state index contributed by atoms with van der Waals surface area (Å²) in [5.41, 5.74) is 0.